The van der Waals surface area contributed by atoms with Crippen LogP contribution in [0, 0.1) is 3.57 Å². The SMILES string of the molecule is COC1(c2cccc(I)c2)CCN(CC(F)(F)F)C1.Cl. The number of methoxy groups -OCH3 is 1. The highest BCUT2D eigenvalue weighted by molar-refractivity contribution is 14.1. The van der Waals surface area contributed by atoms with Gasteiger partial charge >= 0.3 is 6.18 Å². The maximum Gasteiger partial charge on any atom is 0.401 e. The molecule has 0 amide bonds. The Balaban J connectivity index is 0.00000200. The third-order valence-electron chi connectivity index (χ3n) is 3.46. The second kappa shape index (κ2) is 6.81. The number of ether oxygens (including phenoxy) is 1. The van der Waals surface area contributed by atoms with Crippen LogP contribution in [0.25, 0.3) is 0 Å². The fourth-order valence-corrected chi connectivity index (χ4v) is 3.08. The summed E-state index contributed by atoms with van der Waals surface area (Å²) in [7, 11) is 1.57. The molecular weight excluding hydrogens is 406 g/mol. The van der Waals surface area contributed by atoms with E-state index in [1.807, 2.05) is 24.3 Å². The Kier molecular flexibility index (Phi) is 6.13. The average Bonchev–Trinajstić information content (AvgIpc) is 2.71. The van der Waals surface area contributed by atoms with Crippen LogP contribution in [0.1, 0.15) is 12.0 Å². The number of likely N-dealkylation sites (tertiary alicyclic amines) is 1. The molecule has 1 unspecified atom stereocenters. The third-order valence-corrected chi connectivity index (χ3v) is 4.13. The van der Waals surface area contributed by atoms with Crippen LogP contribution in [-0.4, -0.2) is 37.8 Å². The molecule has 114 valence electrons. The first-order chi connectivity index (χ1) is 8.85. The minimum absolute atomic E-state index is 0. The van der Waals surface area contributed by atoms with Gasteiger partial charge in [-0.15, -0.1) is 12.4 Å². The lowest BCUT2D eigenvalue weighted by Gasteiger charge is -2.29. The molecule has 0 saturated carbocycles. The van der Waals surface area contributed by atoms with E-state index in [0.717, 1.165) is 9.13 Å². The van der Waals surface area contributed by atoms with E-state index in [1.54, 1.807) is 7.11 Å². The number of hydrogen-bond acceptors (Lipinski definition) is 2. The van der Waals surface area contributed by atoms with Gasteiger partial charge in [0.25, 0.3) is 0 Å². The topological polar surface area (TPSA) is 12.5 Å². The van der Waals surface area contributed by atoms with E-state index in [9.17, 15) is 13.2 Å². The number of alkyl halides is 3. The van der Waals surface area contributed by atoms with Crippen LogP contribution < -0.4 is 0 Å². The van der Waals surface area contributed by atoms with Gasteiger partial charge < -0.3 is 4.74 Å². The van der Waals surface area contributed by atoms with Gasteiger partial charge in [-0.25, -0.2) is 0 Å². The first-order valence-electron chi connectivity index (χ1n) is 5.95. The molecule has 0 spiro atoms. The largest absolute Gasteiger partial charge is 0.401 e. The standard InChI is InChI=1S/C13H15F3INO.ClH/c1-19-12(10-3-2-4-11(17)7-10)5-6-18(8-12)9-13(14,15)16;/h2-4,7H,5-6,8-9H2,1H3;1H. The van der Waals surface area contributed by atoms with Crippen molar-refractivity contribution in [2.75, 3.05) is 26.7 Å². The minimum atomic E-state index is -4.16. The van der Waals surface area contributed by atoms with Crippen LogP contribution in [0.5, 0.6) is 0 Å². The van der Waals surface area contributed by atoms with E-state index < -0.39 is 18.3 Å². The second-order valence-electron chi connectivity index (χ2n) is 4.78. The highest BCUT2D eigenvalue weighted by atomic mass is 127. The highest BCUT2D eigenvalue weighted by Crippen LogP contribution is 2.36. The Morgan fingerprint density at radius 3 is 2.65 bits per heavy atom. The van der Waals surface area contributed by atoms with Crippen LogP contribution in [0.2, 0.25) is 0 Å². The van der Waals surface area contributed by atoms with E-state index in [4.69, 9.17) is 4.74 Å². The van der Waals surface area contributed by atoms with Gasteiger partial charge in [0.2, 0.25) is 0 Å². The number of halogens is 5. The lowest BCUT2D eigenvalue weighted by atomic mass is 9.93. The van der Waals surface area contributed by atoms with Crippen molar-refractivity contribution in [3.05, 3.63) is 33.4 Å². The first kappa shape index (κ1) is 18.0. The molecule has 1 fully saturated rings. The summed E-state index contributed by atoms with van der Waals surface area (Å²) in [6.07, 6.45) is -3.57. The molecule has 0 aliphatic carbocycles. The van der Waals surface area contributed by atoms with Gasteiger partial charge in [0, 0.05) is 23.8 Å². The van der Waals surface area contributed by atoms with E-state index in [0.29, 0.717) is 13.0 Å². The third kappa shape index (κ3) is 4.22. The van der Waals surface area contributed by atoms with Crippen molar-refractivity contribution in [3.63, 3.8) is 0 Å². The van der Waals surface area contributed by atoms with Crippen molar-refractivity contribution in [1.29, 1.82) is 0 Å². The van der Waals surface area contributed by atoms with Gasteiger partial charge in [-0.05, 0) is 46.7 Å². The predicted octanol–water partition coefficient (Wildman–Crippen LogP) is 3.82. The molecule has 0 N–H and O–H groups in total. The van der Waals surface area contributed by atoms with Crippen LogP contribution in [0.4, 0.5) is 13.2 Å². The normalized spacial score (nSPS) is 23.6. The van der Waals surface area contributed by atoms with E-state index in [1.165, 1.54) is 4.90 Å². The van der Waals surface area contributed by atoms with Gasteiger partial charge in [0.1, 0.15) is 5.60 Å². The summed E-state index contributed by atoms with van der Waals surface area (Å²) in [5, 5.41) is 0. The van der Waals surface area contributed by atoms with Crippen LogP contribution in [0.3, 0.4) is 0 Å². The zero-order valence-electron chi connectivity index (χ0n) is 10.9. The summed E-state index contributed by atoms with van der Waals surface area (Å²) in [4.78, 5) is 1.41. The number of nitrogens with zero attached hydrogens (tertiary/aromatic N) is 1. The minimum Gasteiger partial charge on any atom is -0.372 e. The number of benzene rings is 1. The smallest absolute Gasteiger partial charge is 0.372 e. The Morgan fingerprint density at radius 2 is 2.10 bits per heavy atom. The van der Waals surface area contributed by atoms with Crippen molar-refractivity contribution in [2.24, 2.45) is 0 Å². The molecule has 2 nitrogen and oxygen atoms in total. The molecule has 1 aromatic rings. The summed E-state index contributed by atoms with van der Waals surface area (Å²) in [5.74, 6) is 0. The van der Waals surface area contributed by atoms with E-state index >= 15 is 0 Å². The quantitative estimate of drug-likeness (QED) is 0.688. The maximum absolute atomic E-state index is 12.4. The van der Waals surface area contributed by atoms with Gasteiger partial charge in [0.15, 0.2) is 0 Å². The van der Waals surface area contributed by atoms with E-state index in [2.05, 4.69) is 22.6 Å². The van der Waals surface area contributed by atoms with Crippen molar-refractivity contribution in [3.8, 4) is 0 Å². The molecule has 2 rings (SSSR count). The molecule has 1 aliphatic rings. The Morgan fingerprint density at radius 1 is 1.40 bits per heavy atom. The van der Waals surface area contributed by atoms with Gasteiger partial charge in [-0.1, -0.05) is 12.1 Å². The molecular formula is C13H16ClF3INO. The van der Waals surface area contributed by atoms with Crippen molar-refractivity contribution in [2.45, 2.75) is 18.2 Å². The number of hydrogen-bond donors (Lipinski definition) is 0. The lowest BCUT2D eigenvalue weighted by molar-refractivity contribution is -0.146. The number of rotatable bonds is 3. The maximum atomic E-state index is 12.4. The molecule has 0 bridgehead atoms. The Labute approximate surface area is 136 Å². The molecule has 20 heavy (non-hydrogen) atoms. The summed E-state index contributed by atoms with van der Waals surface area (Å²) >= 11 is 2.19. The zero-order chi connectivity index (χ0) is 14.1. The molecule has 7 heteroatoms. The van der Waals surface area contributed by atoms with Crippen LogP contribution in [0.15, 0.2) is 24.3 Å². The molecule has 1 aliphatic heterocycles. The summed E-state index contributed by atoms with van der Waals surface area (Å²) in [6.45, 7) is -0.191. The Bertz CT molecular complexity index is 457. The summed E-state index contributed by atoms with van der Waals surface area (Å²) in [6, 6.07) is 7.75. The fourth-order valence-electron chi connectivity index (χ4n) is 2.54. The van der Waals surface area contributed by atoms with E-state index in [-0.39, 0.29) is 19.0 Å². The average molecular weight is 422 g/mol. The molecule has 1 heterocycles. The van der Waals surface area contributed by atoms with Crippen molar-refractivity contribution in [1.82, 2.24) is 4.90 Å². The predicted molar refractivity (Wildman–Crippen MR) is 82.2 cm³/mol. The summed E-state index contributed by atoms with van der Waals surface area (Å²) in [5.41, 5.74) is 0.332. The molecule has 1 atom stereocenters. The molecule has 1 aromatic carbocycles. The Hall–Kier alpha value is -0.0500. The van der Waals surface area contributed by atoms with Gasteiger partial charge in [0.05, 0.1) is 6.54 Å². The van der Waals surface area contributed by atoms with Crippen molar-refractivity contribution < 1.29 is 17.9 Å². The fraction of sp³-hybridized carbons (Fsp3) is 0.538. The highest BCUT2D eigenvalue weighted by Gasteiger charge is 2.43. The van der Waals surface area contributed by atoms with Crippen molar-refractivity contribution >= 4 is 35.0 Å². The molecule has 0 aromatic heterocycles. The van der Waals surface area contributed by atoms with Crippen LogP contribution in [-0.2, 0) is 10.3 Å². The summed E-state index contributed by atoms with van der Waals surface area (Å²) < 4.78 is 44.0. The first-order valence-corrected chi connectivity index (χ1v) is 7.03. The monoisotopic (exact) mass is 421 g/mol. The van der Waals surface area contributed by atoms with Crippen LogP contribution >= 0.6 is 35.0 Å². The molecule has 0 radical (unpaired) electrons. The van der Waals surface area contributed by atoms with Gasteiger partial charge in [-0.2, -0.15) is 13.2 Å². The zero-order valence-corrected chi connectivity index (χ0v) is 13.9. The molecule has 1 saturated heterocycles. The second-order valence-corrected chi connectivity index (χ2v) is 6.03. The lowest BCUT2D eigenvalue weighted by Crippen LogP contribution is -2.37. The van der Waals surface area contributed by atoms with Gasteiger partial charge in [-0.3, -0.25) is 4.90 Å².